The van der Waals surface area contributed by atoms with Crippen molar-refractivity contribution < 1.29 is 0 Å². The Hall–Kier alpha value is -0.0900. The molecule has 0 radical (unpaired) electrons. The van der Waals surface area contributed by atoms with Crippen LogP contribution in [0.2, 0.25) is 5.02 Å². The highest BCUT2D eigenvalue weighted by molar-refractivity contribution is 9.10. The predicted molar refractivity (Wildman–Crippen MR) is 76.5 cm³/mol. The Morgan fingerprint density at radius 2 is 2.24 bits per heavy atom. The minimum absolute atomic E-state index is 0.484. The van der Waals surface area contributed by atoms with Gasteiger partial charge in [0.2, 0.25) is 0 Å². The third kappa shape index (κ3) is 4.59. The lowest BCUT2D eigenvalue weighted by Crippen LogP contribution is -2.36. The molecule has 1 saturated carbocycles. The Morgan fingerprint density at radius 3 is 2.88 bits per heavy atom. The van der Waals surface area contributed by atoms with E-state index in [1.165, 1.54) is 18.4 Å². The highest BCUT2D eigenvalue weighted by Gasteiger charge is 2.20. The minimum Gasteiger partial charge on any atom is -0.312 e. The molecule has 1 fully saturated rings. The summed E-state index contributed by atoms with van der Waals surface area (Å²) in [6, 6.07) is 7.18. The first-order chi connectivity index (χ1) is 8.15. The molecule has 1 atom stereocenters. The predicted octanol–water partition coefficient (Wildman–Crippen LogP) is 3.33. The van der Waals surface area contributed by atoms with Gasteiger partial charge in [-0.15, -0.1) is 0 Å². The average molecular weight is 318 g/mol. The molecule has 0 aliphatic heterocycles. The standard InChI is InChI=1S/C13H18BrClN2/c1-9(7-17-12-4-5-12)16-8-10-2-3-11(15)6-13(10)14/h2-3,6,9,12,16-17H,4-5,7-8H2,1H3. The molecule has 2 nitrogen and oxygen atoms in total. The van der Waals surface area contributed by atoms with Crippen molar-refractivity contribution in [1.29, 1.82) is 0 Å². The number of rotatable bonds is 6. The number of nitrogens with one attached hydrogen (secondary N) is 2. The topological polar surface area (TPSA) is 24.1 Å². The third-order valence-electron chi connectivity index (χ3n) is 2.95. The molecule has 0 spiro atoms. The van der Waals surface area contributed by atoms with E-state index in [4.69, 9.17) is 11.6 Å². The first-order valence-corrected chi connectivity index (χ1v) is 7.23. The van der Waals surface area contributed by atoms with Crippen LogP contribution in [0.4, 0.5) is 0 Å². The van der Waals surface area contributed by atoms with Crippen LogP contribution in [-0.4, -0.2) is 18.6 Å². The molecule has 0 aromatic heterocycles. The van der Waals surface area contributed by atoms with E-state index in [1.807, 2.05) is 12.1 Å². The van der Waals surface area contributed by atoms with Crippen molar-refractivity contribution in [3.8, 4) is 0 Å². The molecule has 0 amide bonds. The number of benzene rings is 1. The van der Waals surface area contributed by atoms with Gasteiger partial charge >= 0.3 is 0 Å². The zero-order chi connectivity index (χ0) is 12.3. The van der Waals surface area contributed by atoms with Crippen molar-refractivity contribution >= 4 is 27.5 Å². The fourth-order valence-electron chi connectivity index (χ4n) is 1.65. The highest BCUT2D eigenvalue weighted by Crippen LogP contribution is 2.21. The summed E-state index contributed by atoms with van der Waals surface area (Å²) in [4.78, 5) is 0. The number of hydrogen-bond acceptors (Lipinski definition) is 2. The van der Waals surface area contributed by atoms with Gasteiger partial charge in [0.15, 0.2) is 0 Å². The molecule has 17 heavy (non-hydrogen) atoms. The second-order valence-corrected chi connectivity index (χ2v) is 5.99. The van der Waals surface area contributed by atoms with Crippen molar-refractivity contribution in [3.05, 3.63) is 33.3 Å². The van der Waals surface area contributed by atoms with Gasteiger partial charge in [-0.05, 0) is 37.5 Å². The summed E-state index contributed by atoms with van der Waals surface area (Å²) in [5.74, 6) is 0. The van der Waals surface area contributed by atoms with Crippen LogP contribution in [0, 0.1) is 0 Å². The second kappa shape index (κ2) is 6.19. The summed E-state index contributed by atoms with van der Waals surface area (Å²) in [5.41, 5.74) is 1.24. The van der Waals surface area contributed by atoms with Crippen LogP contribution in [-0.2, 0) is 6.54 Å². The highest BCUT2D eigenvalue weighted by atomic mass is 79.9. The fraction of sp³-hybridized carbons (Fsp3) is 0.538. The van der Waals surface area contributed by atoms with Gasteiger partial charge in [0.25, 0.3) is 0 Å². The second-order valence-electron chi connectivity index (χ2n) is 4.70. The number of hydrogen-bond donors (Lipinski definition) is 2. The molecule has 0 saturated heterocycles. The largest absolute Gasteiger partial charge is 0.312 e. The Labute approximate surface area is 116 Å². The molecular weight excluding hydrogens is 300 g/mol. The van der Waals surface area contributed by atoms with Crippen LogP contribution < -0.4 is 10.6 Å². The van der Waals surface area contributed by atoms with E-state index in [-0.39, 0.29) is 0 Å². The lowest BCUT2D eigenvalue weighted by molar-refractivity contribution is 0.499. The lowest BCUT2D eigenvalue weighted by Gasteiger charge is -2.15. The van der Waals surface area contributed by atoms with Crippen LogP contribution in [0.25, 0.3) is 0 Å². The van der Waals surface area contributed by atoms with E-state index in [0.717, 1.165) is 28.6 Å². The zero-order valence-electron chi connectivity index (χ0n) is 9.97. The first-order valence-electron chi connectivity index (χ1n) is 6.06. The SMILES string of the molecule is CC(CNC1CC1)NCc1ccc(Cl)cc1Br. The quantitative estimate of drug-likeness (QED) is 0.841. The molecule has 1 unspecified atom stereocenters. The smallest absolute Gasteiger partial charge is 0.0417 e. The Bertz CT molecular complexity index is 380. The summed E-state index contributed by atoms with van der Waals surface area (Å²) >= 11 is 9.44. The molecule has 2 N–H and O–H groups in total. The molecular formula is C13H18BrClN2. The molecule has 1 aromatic rings. The summed E-state index contributed by atoms with van der Waals surface area (Å²) < 4.78 is 1.07. The Morgan fingerprint density at radius 1 is 1.47 bits per heavy atom. The lowest BCUT2D eigenvalue weighted by atomic mass is 10.2. The molecule has 1 aromatic carbocycles. The molecule has 0 heterocycles. The molecule has 94 valence electrons. The monoisotopic (exact) mass is 316 g/mol. The Balaban J connectivity index is 1.75. The van der Waals surface area contributed by atoms with Crippen molar-refractivity contribution in [1.82, 2.24) is 10.6 Å². The van der Waals surface area contributed by atoms with Crippen LogP contribution in [0.5, 0.6) is 0 Å². The molecule has 1 aliphatic carbocycles. The van der Waals surface area contributed by atoms with Crippen molar-refractivity contribution in [2.75, 3.05) is 6.54 Å². The van der Waals surface area contributed by atoms with Gasteiger partial charge < -0.3 is 10.6 Å². The van der Waals surface area contributed by atoms with Gasteiger partial charge in [-0.1, -0.05) is 33.6 Å². The molecule has 2 rings (SSSR count). The van der Waals surface area contributed by atoms with Crippen molar-refractivity contribution in [2.24, 2.45) is 0 Å². The van der Waals surface area contributed by atoms with Gasteiger partial charge in [-0.3, -0.25) is 0 Å². The zero-order valence-corrected chi connectivity index (χ0v) is 12.3. The van der Waals surface area contributed by atoms with E-state index in [0.29, 0.717) is 6.04 Å². The van der Waals surface area contributed by atoms with Gasteiger partial charge in [-0.2, -0.15) is 0 Å². The van der Waals surface area contributed by atoms with E-state index < -0.39 is 0 Å². The van der Waals surface area contributed by atoms with Crippen LogP contribution in [0.3, 0.4) is 0 Å². The van der Waals surface area contributed by atoms with Crippen LogP contribution in [0.1, 0.15) is 25.3 Å². The Kier molecular flexibility index (Phi) is 4.86. The summed E-state index contributed by atoms with van der Waals surface area (Å²) in [5, 5.41) is 7.80. The molecule has 1 aliphatic rings. The summed E-state index contributed by atoms with van der Waals surface area (Å²) in [6.45, 7) is 4.11. The van der Waals surface area contributed by atoms with Crippen molar-refractivity contribution in [2.45, 2.75) is 38.4 Å². The van der Waals surface area contributed by atoms with E-state index in [9.17, 15) is 0 Å². The maximum Gasteiger partial charge on any atom is 0.0417 e. The van der Waals surface area contributed by atoms with Gasteiger partial charge in [0.05, 0.1) is 0 Å². The average Bonchev–Trinajstić information content (AvgIpc) is 3.09. The minimum atomic E-state index is 0.484. The number of halogens is 2. The molecule has 4 heteroatoms. The van der Waals surface area contributed by atoms with Crippen LogP contribution >= 0.6 is 27.5 Å². The van der Waals surface area contributed by atoms with Crippen molar-refractivity contribution in [3.63, 3.8) is 0 Å². The van der Waals surface area contributed by atoms with Crippen LogP contribution in [0.15, 0.2) is 22.7 Å². The summed E-state index contributed by atoms with van der Waals surface area (Å²) in [7, 11) is 0. The third-order valence-corrected chi connectivity index (χ3v) is 3.92. The fourth-order valence-corrected chi connectivity index (χ4v) is 2.48. The normalized spacial score (nSPS) is 17.1. The maximum absolute atomic E-state index is 5.91. The first kappa shape index (κ1) is 13.3. The van der Waals surface area contributed by atoms with Gasteiger partial charge in [0, 0.05) is 34.7 Å². The maximum atomic E-state index is 5.91. The van der Waals surface area contributed by atoms with E-state index in [1.54, 1.807) is 0 Å². The van der Waals surface area contributed by atoms with E-state index in [2.05, 4.69) is 39.6 Å². The molecule has 0 bridgehead atoms. The van der Waals surface area contributed by atoms with Gasteiger partial charge in [-0.25, -0.2) is 0 Å². The van der Waals surface area contributed by atoms with Gasteiger partial charge in [0.1, 0.15) is 0 Å². The summed E-state index contributed by atoms with van der Waals surface area (Å²) in [6.07, 6.45) is 2.69. The van der Waals surface area contributed by atoms with E-state index >= 15 is 0 Å².